The summed E-state index contributed by atoms with van der Waals surface area (Å²) in [5.74, 6) is 0.704. The summed E-state index contributed by atoms with van der Waals surface area (Å²) in [6.07, 6.45) is 2.67. The molecular weight excluding hydrogens is 216 g/mol. The lowest BCUT2D eigenvalue weighted by Gasteiger charge is -2.40. The molecule has 2 aliphatic rings. The molecule has 0 bridgehead atoms. The van der Waals surface area contributed by atoms with Gasteiger partial charge in [0.15, 0.2) is 0 Å². The summed E-state index contributed by atoms with van der Waals surface area (Å²) in [6.45, 7) is 8.20. The second-order valence-corrected chi connectivity index (χ2v) is 5.07. The Kier molecular flexibility index (Phi) is 5.22. The van der Waals surface area contributed by atoms with Crippen molar-refractivity contribution < 1.29 is 9.47 Å². The Bertz CT molecular complexity index is 219. The molecule has 17 heavy (non-hydrogen) atoms. The van der Waals surface area contributed by atoms with Crippen LogP contribution in [0.2, 0.25) is 0 Å². The van der Waals surface area contributed by atoms with Crippen LogP contribution >= 0.6 is 0 Å². The highest BCUT2D eigenvalue weighted by Gasteiger charge is 2.33. The van der Waals surface area contributed by atoms with Crippen LogP contribution in [0.4, 0.5) is 0 Å². The monoisotopic (exact) mass is 242 g/mol. The van der Waals surface area contributed by atoms with Gasteiger partial charge in [-0.05, 0) is 32.4 Å². The number of morpholine rings is 1. The predicted molar refractivity (Wildman–Crippen MR) is 68.2 cm³/mol. The fraction of sp³-hybridized carbons (Fsp3) is 1.00. The second-order valence-electron chi connectivity index (χ2n) is 5.07. The average molecular weight is 242 g/mol. The van der Waals surface area contributed by atoms with Gasteiger partial charge in [-0.25, -0.2) is 0 Å². The molecule has 2 atom stereocenters. The SMILES string of the molecule is CCN1CCOC(C(NC)C2CCOCC2)C1. The number of likely N-dealkylation sites (N-methyl/N-ethyl adjacent to an activating group) is 2. The van der Waals surface area contributed by atoms with Crippen molar-refractivity contribution in [3.8, 4) is 0 Å². The number of ether oxygens (including phenoxy) is 2. The van der Waals surface area contributed by atoms with Crippen LogP contribution in [0.3, 0.4) is 0 Å². The molecule has 0 aromatic rings. The summed E-state index contributed by atoms with van der Waals surface area (Å²) >= 11 is 0. The number of rotatable bonds is 4. The van der Waals surface area contributed by atoms with E-state index in [1.807, 2.05) is 0 Å². The molecule has 2 aliphatic heterocycles. The highest BCUT2D eigenvalue weighted by atomic mass is 16.5. The first kappa shape index (κ1) is 13.3. The van der Waals surface area contributed by atoms with Gasteiger partial charge in [0, 0.05) is 32.3 Å². The van der Waals surface area contributed by atoms with Crippen molar-refractivity contribution >= 4 is 0 Å². The van der Waals surface area contributed by atoms with E-state index in [1.54, 1.807) is 0 Å². The van der Waals surface area contributed by atoms with Gasteiger partial charge in [0.25, 0.3) is 0 Å². The quantitative estimate of drug-likeness (QED) is 0.788. The first-order valence-electron chi connectivity index (χ1n) is 6.94. The smallest absolute Gasteiger partial charge is 0.0857 e. The van der Waals surface area contributed by atoms with Crippen molar-refractivity contribution in [1.29, 1.82) is 0 Å². The molecule has 4 nitrogen and oxygen atoms in total. The molecule has 2 saturated heterocycles. The molecule has 0 aliphatic carbocycles. The maximum atomic E-state index is 5.97. The third-order valence-corrected chi connectivity index (χ3v) is 4.13. The van der Waals surface area contributed by atoms with Crippen molar-refractivity contribution in [2.24, 2.45) is 5.92 Å². The van der Waals surface area contributed by atoms with Crippen molar-refractivity contribution in [3.63, 3.8) is 0 Å². The minimum Gasteiger partial charge on any atom is -0.381 e. The molecule has 0 aromatic heterocycles. The summed E-state index contributed by atoms with van der Waals surface area (Å²) in [5, 5.41) is 3.48. The molecule has 100 valence electrons. The van der Waals surface area contributed by atoms with E-state index in [0.717, 1.165) is 52.3 Å². The minimum absolute atomic E-state index is 0.344. The Labute approximate surface area is 105 Å². The minimum atomic E-state index is 0.344. The van der Waals surface area contributed by atoms with E-state index in [-0.39, 0.29) is 0 Å². The zero-order chi connectivity index (χ0) is 12.1. The van der Waals surface area contributed by atoms with Crippen LogP contribution in [0.1, 0.15) is 19.8 Å². The van der Waals surface area contributed by atoms with E-state index in [4.69, 9.17) is 9.47 Å². The average Bonchev–Trinajstić information content (AvgIpc) is 2.41. The predicted octanol–water partition coefficient (Wildman–Crippen LogP) is 0.722. The molecule has 0 radical (unpaired) electrons. The molecule has 0 aromatic carbocycles. The van der Waals surface area contributed by atoms with Crippen LogP contribution in [0, 0.1) is 5.92 Å². The number of hydrogen-bond donors (Lipinski definition) is 1. The lowest BCUT2D eigenvalue weighted by Crippen LogP contribution is -2.54. The van der Waals surface area contributed by atoms with Gasteiger partial charge < -0.3 is 14.8 Å². The number of nitrogens with zero attached hydrogens (tertiary/aromatic N) is 1. The van der Waals surface area contributed by atoms with E-state index < -0.39 is 0 Å². The Balaban J connectivity index is 1.91. The van der Waals surface area contributed by atoms with Crippen LogP contribution in [0.25, 0.3) is 0 Å². The van der Waals surface area contributed by atoms with Crippen LogP contribution < -0.4 is 5.32 Å². The molecular formula is C13H26N2O2. The van der Waals surface area contributed by atoms with Crippen molar-refractivity contribution in [3.05, 3.63) is 0 Å². The first-order valence-corrected chi connectivity index (χ1v) is 6.94. The summed E-state index contributed by atoms with van der Waals surface area (Å²) in [4.78, 5) is 2.48. The largest absolute Gasteiger partial charge is 0.381 e. The van der Waals surface area contributed by atoms with Gasteiger partial charge in [-0.3, -0.25) is 4.90 Å². The van der Waals surface area contributed by atoms with E-state index in [0.29, 0.717) is 18.1 Å². The molecule has 2 heterocycles. The van der Waals surface area contributed by atoms with Crippen LogP contribution in [0.15, 0.2) is 0 Å². The Morgan fingerprint density at radius 1 is 1.29 bits per heavy atom. The lowest BCUT2D eigenvalue weighted by atomic mass is 9.87. The number of nitrogens with one attached hydrogen (secondary N) is 1. The van der Waals surface area contributed by atoms with E-state index in [9.17, 15) is 0 Å². The molecule has 2 rings (SSSR count). The summed E-state index contributed by atoms with van der Waals surface area (Å²) in [6, 6.07) is 0.480. The lowest BCUT2D eigenvalue weighted by molar-refractivity contribution is -0.0645. The highest BCUT2D eigenvalue weighted by molar-refractivity contribution is 4.88. The Morgan fingerprint density at radius 2 is 2.06 bits per heavy atom. The molecule has 0 saturated carbocycles. The van der Waals surface area contributed by atoms with Gasteiger partial charge in [-0.15, -0.1) is 0 Å². The standard InChI is InChI=1S/C13H26N2O2/c1-3-15-6-9-17-12(10-15)13(14-2)11-4-7-16-8-5-11/h11-14H,3-10H2,1-2H3. The Morgan fingerprint density at radius 3 is 2.71 bits per heavy atom. The van der Waals surface area contributed by atoms with Gasteiger partial charge in [-0.2, -0.15) is 0 Å². The Hall–Kier alpha value is -0.160. The summed E-state index contributed by atoms with van der Waals surface area (Å²) in [5.41, 5.74) is 0. The second kappa shape index (κ2) is 6.69. The van der Waals surface area contributed by atoms with E-state index >= 15 is 0 Å². The molecule has 2 fully saturated rings. The molecule has 2 unspecified atom stereocenters. The van der Waals surface area contributed by atoms with Crippen molar-refractivity contribution in [1.82, 2.24) is 10.2 Å². The van der Waals surface area contributed by atoms with Gasteiger partial charge >= 0.3 is 0 Å². The van der Waals surface area contributed by atoms with Crippen LogP contribution in [-0.2, 0) is 9.47 Å². The summed E-state index contributed by atoms with van der Waals surface area (Å²) in [7, 11) is 2.06. The molecule has 4 heteroatoms. The van der Waals surface area contributed by atoms with Crippen LogP contribution in [-0.4, -0.2) is 63.5 Å². The molecule has 0 amide bonds. The van der Waals surface area contributed by atoms with Crippen LogP contribution in [0.5, 0.6) is 0 Å². The van der Waals surface area contributed by atoms with E-state index in [2.05, 4.69) is 24.2 Å². The zero-order valence-corrected chi connectivity index (χ0v) is 11.2. The maximum absolute atomic E-state index is 5.97. The third kappa shape index (κ3) is 3.41. The fourth-order valence-corrected chi connectivity index (χ4v) is 3.04. The summed E-state index contributed by atoms with van der Waals surface area (Å²) < 4.78 is 11.4. The third-order valence-electron chi connectivity index (χ3n) is 4.13. The normalized spacial score (nSPS) is 30.4. The molecule has 1 N–H and O–H groups in total. The topological polar surface area (TPSA) is 33.7 Å². The maximum Gasteiger partial charge on any atom is 0.0857 e. The highest BCUT2D eigenvalue weighted by Crippen LogP contribution is 2.23. The fourth-order valence-electron chi connectivity index (χ4n) is 3.04. The number of hydrogen-bond acceptors (Lipinski definition) is 4. The molecule has 0 spiro atoms. The van der Waals surface area contributed by atoms with Crippen molar-refractivity contribution in [2.45, 2.75) is 31.9 Å². The van der Waals surface area contributed by atoms with Crippen molar-refractivity contribution in [2.75, 3.05) is 46.5 Å². The zero-order valence-electron chi connectivity index (χ0n) is 11.2. The van der Waals surface area contributed by atoms with Gasteiger partial charge in [-0.1, -0.05) is 6.92 Å². The van der Waals surface area contributed by atoms with Gasteiger partial charge in [0.1, 0.15) is 0 Å². The van der Waals surface area contributed by atoms with E-state index in [1.165, 1.54) is 0 Å². The van der Waals surface area contributed by atoms with Gasteiger partial charge in [0.05, 0.1) is 12.7 Å². The van der Waals surface area contributed by atoms with Gasteiger partial charge in [0.2, 0.25) is 0 Å². The first-order chi connectivity index (χ1) is 8.35.